The highest BCUT2D eigenvalue weighted by atomic mass is 35.5. The third-order valence-electron chi connectivity index (χ3n) is 4.14. The first kappa shape index (κ1) is 21.2. The Bertz CT molecular complexity index is 1170. The summed E-state index contributed by atoms with van der Waals surface area (Å²) in [5, 5.41) is 27.7. The molecule has 0 amide bonds. The Kier molecular flexibility index (Phi) is 5.68. The predicted octanol–water partition coefficient (Wildman–Crippen LogP) is 1.38. The average molecular weight is 441 g/mol. The van der Waals surface area contributed by atoms with E-state index in [1.807, 2.05) is 0 Å². The van der Waals surface area contributed by atoms with E-state index in [1.54, 1.807) is 25.1 Å². The van der Waals surface area contributed by atoms with E-state index in [0.29, 0.717) is 0 Å². The number of pyridine rings is 1. The zero-order valence-electron chi connectivity index (χ0n) is 15.5. The number of hydrogen-bond acceptors (Lipinski definition) is 7. The Hall–Kier alpha value is -2.47. The molecule has 1 atom stereocenters. The summed E-state index contributed by atoms with van der Waals surface area (Å²) in [5.41, 5.74) is -0.534. The quantitative estimate of drug-likeness (QED) is 0.590. The lowest BCUT2D eigenvalue weighted by Gasteiger charge is -2.21. The Morgan fingerprint density at radius 3 is 2.72 bits per heavy atom. The van der Waals surface area contributed by atoms with Crippen molar-refractivity contribution in [3.05, 3.63) is 58.0 Å². The van der Waals surface area contributed by atoms with Crippen LogP contribution in [0, 0.1) is 12.7 Å². The molecule has 29 heavy (non-hydrogen) atoms. The van der Waals surface area contributed by atoms with Gasteiger partial charge in [-0.3, -0.25) is 0 Å². The van der Waals surface area contributed by atoms with Crippen molar-refractivity contribution in [1.82, 2.24) is 25.2 Å². The van der Waals surface area contributed by atoms with E-state index in [1.165, 1.54) is 19.1 Å². The van der Waals surface area contributed by atoms with Gasteiger partial charge in [0.25, 0.3) is 0 Å². The van der Waals surface area contributed by atoms with Crippen molar-refractivity contribution in [2.24, 2.45) is 5.14 Å². The molecule has 2 aromatic heterocycles. The first-order valence-corrected chi connectivity index (χ1v) is 10.5. The molecule has 3 N–H and O–H groups in total. The molecule has 3 rings (SSSR count). The largest absolute Gasteiger partial charge is 0.383 e. The number of nitrogens with zero attached hydrogens (tertiary/aromatic N) is 5. The average Bonchev–Trinajstić information content (AvgIpc) is 3.09. The highest BCUT2D eigenvalue weighted by molar-refractivity contribution is 7.89. The number of aromatic nitrogens is 5. The maximum Gasteiger partial charge on any atom is 0.223 e. The molecule has 0 saturated carbocycles. The third-order valence-corrected chi connectivity index (χ3v) is 5.63. The number of rotatable bonds is 6. The van der Waals surface area contributed by atoms with E-state index in [0.717, 1.165) is 10.4 Å². The maximum atomic E-state index is 14.1. The normalized spacial score (nSPS) is 14.0. The summed E-state index contributed by atoms with van der Waals surface area (Å²) >= 11 is 6.17. The number of primary sulfonamides is 1. The SMILES string of the molecule is Cc1ccc(F)c(Cn2nnc(-c3cccc(C(C)(O)CS(N)(=O)=O)n3)n2)c1Cl. The predicted molar refractivity (Wildman–Crippen MR) is 104 cm³/mol. The summed E-state index contributed by atoms with van der Waals surface area (Å²) in [6.07, 6.45) is 0. The van der Waals surface area contributed by atoms with Gasteiger partial charge < -0.3 is 5.11 Å². The van der Waals surface area contributed by atoms with Gasteiger partial charge in [0.15, 0.2) is 0 Å². The standard InChI is InChI=1S/C17H18ClFN6O3S/c1-10-6-7-12(19)11(15(10)18)8-25-23-16(22-24-25)13-4-3-5-14(21-13)17(2,26)9-29(20,27)28/h3-7,26H,8-9H2,1-2H3,(H2,20,27,28). The summed E-state index contributed by atoms with van der Waals surface area (Å²) in [6, 6.07) is 7.48. The van der Waals surface area contributed by atoms with Gasteiger partial charge in [0.2, 0.25) is 15.8 Å². The van der Waals surface area contributed by atoms with Gasteiger partial charge >= 0.3 is 0 Å². The lowest BCUT2D eigenvalue weighted by atomic mass is 10.0. The van der Waals surface area contributed by atoms with E-state index in [-0.39, 0.29) is 34.3 Å². The molecule has 2 heterocycles. The van der Waals surface area contributed by atoms with Crippen molar-refractivity contribution in [1.29, 1.82) is 0 Å². The van der Waals surface area contributed by atoms with Crippen LogP contribution in [0.4, 0.5) is 4.39 Å². The van der Waals surface area contributed by atoms with Gasteiger partial charge in [0, 0.05) is 5.56 Å². The second-order valence-electron chi connectivity index (χ2n) is 6.79. The minimum Gasteiger partial charge on any atom is -0.383 e. The summed E-state index contributed by atoms with van der Waals surface area (Å²) in [4.78, 5) is 5.38. The third kappa shape index (κ3) is 4.93. The smallest absolute Gasteiger partial charge is 0.223 e. The fraction of sp³-hybridized carbons (Fsp3) is 0.294. The minimum atomic E-state index is -3.94. The molecule has 9 nitrogen and oxygen atoms in total. The first-order chi connectivity index (χ1) is 13.5. The molecule has 1 aromatic carbocycles. The molecule has 3 aromatic rings. The fourth-order valence-corrected chi connectivity index (χ4v) is 3.88. The number of aliphatic hydroxyl groups is 1. The highest BCUT2D eigenvalue weighted by Gasteiger charge is 2.30. The number of halogens is 2. The monoisotopic (exact) mass is 440 g/mol. The molecule has 0 bridgehead atoms. The summed E-state index contributed by atoms with van der Waals surface area (Å²) in [6.45, 7) is 3.01. The van der Waals surface area contributed by atoms with Crippen LogP contribution in [-0.2, 0) is 22.2 Å². The Morgan fingerprint density at radius 2 is 2.03 bits per heavy atom. The number of tetrazole rings is 1. The number of hydrogen-bond donors (Lipinski definition) is 2. The number of benzene rings is 1. The van der Waals surface area contributed by atoms with Crippen molar-refractivity contribution in [3.63, 3.8) is 0 Å². The van der Waals surface area contributed by atoms with E-state index < -0.39 is 27.2 Å². The minimum absolute atomic E-state index is 0.0395. The number of nitrogens with two attached hydrogens (primary N) is 1. The topological polar surface area (TPSA) is 137 Å². The highest BCUT2D eigenvalue weighted by Crippen LogP contribution is 2.25. The van der Waals surface area contributed by atoms with Crippen molar-refractivity contribution in [2.75, 3.05) is 5.75 Å². The molecular weight excluding hydrogens is 423 g/mol. The molecular formula is C17H18ClFN6O3S. The summed E-state index contributed by atoms with van der Waals surface area (Å²) in [5.74, 6) is -1.08. The van der Waals surface area contributed by atoms with Crippen LogP contribution >= 0.6 is 11.6 Å². The Morgan fingerprint density at radius 1 is 1.31 bits per heavy atom. The van der Waals surface area contributed by atoms with E-state index in [2.05, 4.69) is 20.4 Å². The molecule has 0 aliphatic heterocycles. The van der Waals surface area contributed by atoms with Gasteiger partial charge in [-0.05, 0) is 42.8 Å². The van der Waals surface area contributed by atoms with E-state index in [4.69, 9.17) is 16.7 Å². The lowest BCUT2D eigenvalue weighted by Crippen LogP contribution is -2.35. The van der Waals surface area contributed by atoms with Crippen molar-refractivity contribution in [3.8, 4) is 11.5 Å². The molecule has 1 unspecified atom stereocenters. The number of aryl methyl sites for hydroxylation is 1. The fourth-order valence-electron chi connectivity index (χ4n) is 2.74. The van der Waals surface area contributed by atoms with Crippen molar-refractivity contribution >= 4 is 21.6 Å². The van der Waals surface area contributed by atoms with Gasteiger partial charge in [-0.15, -0.1) is 10.2 Å². The van der Waals surface area contributed by atoms with Crippen LogP contribution in [0.15, 0.2) is 30.3 Å². The molecule has 0 aliphatic rings. The van der Waals surface area contributed by atoms with Gasteiger partial charge in [0.1, 0.15) is 17.1 Å². The summed E-state index contributed by atoms with van der Waals surface area (Å²) < 4.78 is 36.8. The molecule has 0 aliphatic carbocycles. The van der Waals surface area contributed by atoms with Gasteiger partial charge in [-0.2, -0.15) is 4.80 Å². The first-order valence-electron chi connectivity index (χ1n) is 8.38. The molecule has 0 fully saturated rings. The molecule has 0 saturated heterocycles. The van der Waals surface area contributed by atoms with Gasteiger partial charge in [-0.25, -0.2) is 22.9 Å². The molecule has 0 spiro atoms. The van der Waals surface area contributed by atoms with Gasteiger partial charge in [-0.1, -0.05) is 23.7 Å². The zero-order chi connectivity index (χ0) is 21.4. The Labute approximate surface area is 171 Å². The van der Waals surface area contributed by atoms with Crippen molar-refractivity contribution < 1.29 is 17.9 Å². The van der Waals surface area contributed by atoms with E-state index >= 15 is 0 Å². The second kappa shape index (κ2) is 7.75. The van der Waals surface area contributed by atoms with Crippen LogP contribution in [0.5, 0.6) is 0 Å². The zero-order valence-corrected chi connectivity index (χ0v) is 17.1. The van der Waals surface area contributed by atoms with Crippen LogP contribution in [0.2, 0.25) is 5.02 Å². The molecule has 0 radical (unpaired) electrons. The van der Waals surface area contributed by atoms with Crippen molar-refractivity contribution in [2.45, 2.75) is 26.0 Å². The Balaban J connectivity index is 1.89. The molecule has 154 valence electrons. The van der Waals surface area contributed by atoms with E-state index in [9.17, 15) is 17.9 Å². The van der Waals surface area contributed by atoms with Crippen LogP contribution in [-0.4, -0.2) is 44.5 Å². The van der Waals surface area contributed by atoms with Gasteiger partial charge in [0.05, 0.1) is 23.0 Å². The number of sulfonamides is 1. The van der Waals surface area contributed by atoms with Crippen LogP contribution < -0.4 is 5.14 Å². The van der Waals surface area contributed by atoms with Crippen LogP contribution in [0.1, 0.15) is 23.7 Å². The maximum absolute atomic E-state index is 14.1. The van der Waals surface area contributed by atoms with Crippen LogP contribution in [0.25, 0.3) is 11.5 Å². The lowest BCUT2D eigenvalue weighted by molar-refractivity contribution is 0.0773. The van der Waals surface area contributed by atoms with Crippen LogP contribution in [0.3, 0.4) is 0 Å². The summed E-state index contributed by atoms with van der Waals surface area (Å²) in [7, 11) is -3.94. The molecule has 12 heteroatoms. The second-order valence-corrected chi connectivity index (χ2v) is 8.78.